The van der Waals surface area contributed by atoms with Gasteiger partial charge in [-0.2, -0.15) is 0 Å². The van der Waals surface area contributed by atoms with E-state index in [1.54, 1.807) is 0 Å². The lowest BCUT2D eigenvalue weighted by Crippen LogP contribution is -2.32. The monoisotopic (exact) mass is 262 g/mol. The van der Waals surface area contributed by atoms with E-state index in [-0.39, 0.29) is 0 Å². The molecule has 0 aromatic carbocycles. The summed E-state index contributed by atoms with van der Waals surface area (Å²) in [4.78, 5) is 6.61. The minimum atomic E-state index is 0.407. The second-order valence-corrected chi connectivity index (χ2v) is 5.05. The van der Waals surface area contributed by atoms with E-state index in [0.29, 0.717) is 6.04 Å². The standard InChI is InChI=1S/C14H22N4O/c1-5-14-15-6-7-18(14)9-12(3)17(4)10-13-8-11(2)16-19-13/h6-8,12H,5,9-10H2,1-4H3. The summed E-state index contributed by atoms with van der Waals surface area (Å²) in [5, 5.41) is 3.92. The second kappa shape index (κ2) is 6.02. The van der Waals surface area contributed by atoms with Crippen molar-refractivity contribution in [1.82, 2.24) is 19.6 Å². The van der Waals surface area contributed by atoms with Crippen molar-refractivity contribution in [3.8, 4) is 0 Å². The minimum Gasteiger partial charge on any atom is -0.360 e. The predicted molar refractivity (Wildman–Crippen MR) is 73.8 cm³/mol. The Balaban J connectivity index is 1.94. The quantitative estimate of drug-likeness (QED) is 0.801. The van der Waals surface area contributed by atoms with Crippen LogP contribution in [0.1, 0.15) is 31.1 Å². The fourth-order valence-electron chi connectivity index (χ4n) is 2.14. The van der Waals surface area contributed by atoms with Gasteiger partial charge in [0, 0.05) is 37.5 Å². The van der Waals surface area contributed by atoms with Gasteiger partial charge < -0.3 is 9.09 Å². The van der Waals surface area contributed by atoms with Gasteiger partial charge in [0.05, 0.1) is 12.2 Å². The van der Waals surface area contributed by atoms with Crippen LogP contribution < -0.4 is 0 Å². The molecule has 2 aromatic heterocycles. The summed E-state index contributed by atoms with van der Waals surface area (Å²) in [5.74, 6) is 2.05. The maximum Gasteiger partial charge on any atom is 0.150 e. The molecule has 0 saturated carbocycles. The van der Waals surface area contributed by atoms with Crippen LogP contribution in [0, 0.1) is 6.92 Å². The van der Waals surface area contributed by atoms with Crippen LogP contribution in [0.3, 0.4) is 0 Å². The first-order valence-corrected chi connectivity index (χ1v) is 6.72. The van der Waals surface area contributed by atoms with Gasteiger partial charge in [-0.05, 0) is 20.9 Å². The number of hydrogen-bond acceptors (Lipinski definition) is 4. The van der Waals surface area contributed by atoms with E-state index in [9.17, 15) is 0 Å². The largest absolute Gasteiger partial charge is 0.360 e. The third-order valence-electron chi connectivity index (χ3n) is 3.41. The number of nitrogens with zero attached hydrogens (tertiary/aromatic N) is 4. The Bertz CT molecular complexity index is 517. The molecule has 0 amide bonds. The molecule has 0 aliphatic heterocycles. The summed E-state index contributed by atoms with van der Waals surface area (Å²) < 4.78 is 7.47. The van der Waals surface area contributed by atoms with Gasteiger partial charge in [-0.15, -0.1) is 0 Å². The Morgan fingerprint density at radius 2 is 2.26 bits per heavy atom. The number of hydrogen-bond donors (Lipinski definition) is 0. The van der Waals surface area contributed by atoms with Gasteiger partial charge in [-0.3, -0.25) is 4.90 Å². The number of imidazole rings is 1. The molecule has 2 rings (SSSR count). The van der Waals surface area contributed by atoms with Crippen LogP contribution in [0.4, 0.5) is 0 Å². The molecule has 5 heteroatoms. The molecule has 2 aromatic rings. The fraction of sp³-hybridized carbons (Fsp3) is 0.571. The first-order chi connectivity index (χ1) is 9.10. The van der Waals surface area contributed by atoms with Crippen LogP contribution >= 0.6 is 0 Å². The SMILES string of the molecule is CCc1nccn1CC(C)N(C)Cc1cc(C)no1. The van der Waals surface area contributed by atoms with E-state index in [1.807, 2.05) is 25.4 Å². The normalized spacial score (nSPS) is 13.1. The number of aromatic nitrogens is 3. The maximum absolute atomic E-state index is 5.25. The van der Waals surface area contributed by atoms with Crippen LogP contribution in [0.5, 0.6) is 0 Å². The minimum absolute atomic E-state index is 0.407. The zero-order chi connectivity index (χ0) is 13.8. The van der Waals surface area contributed by atoms with Crippen molar-refractivity contribution in [1.29, 1.82) is 0 Å². The molecule has 0 fully saturated rings. The third-order valence-corrected chi connectivity index (χ3v) is 3.41. The molecule has 1 unspecified atom stereocenters. The van der Waals surface area contributed by atoms with Gasteiger partial charge in [-0.25, -0.2) is 4.98 Å². The summed E-state index contributed by atoms with van der Waals surface area (Å²) in [6, 6.07) is 2.39. The number of rotatable bonds is 6. The van der Waals surface area contributed by atoms with Gasteiger partial charge in [0.1, 0.15) is 5.82 Å². The lowest BCUT2D eigenvalue weighted by Gasteiger charge is -2.24. The third kappa shape index (κ3) is 3.44. The van der Waals surface area contributed by atoms with Gasteiger partial charge >= 0.3 is 0 Å². The van der Waals surface area contributed by atoms with E-state index >= 15 is 0 Å². The average Bonchev–Trinajstić information content (AvgIpc) is 2.98. The van der Waals surface area contributed by atoms with E-state index in [4.69, 9.17) is 4.52 Å². The van der Waals surface area contributed by atoms with Crippen molar-refractivity contribution in [2.24, 2.45) is 0 Å². The average molecular weight is 262 g/mol. The lowest BCUT2D eigenvalue weighted by atomic mass is 10.2. The fourth-order valence-corrected chi connectivity index (χ4v) is 2.14. The highest BCUT2D eigenvalue weighted by Crippen LogP contribution is 2.10. The van der Waals surface area contributed by atoms with Crippen LogP contribution in [0.2, 0.25) is 0 Å². The molecular weight excluding hydrogens is 240 g/mol. The van der Waals surface area contributed by atoms with Crippen LogP contribution in [-0.2, 0) is 19.5 Å². The summed E-state index contributed by atoms with van der Waals surface area (Å²) in [7, 11) is 2.10. The molecule has 0 aliphatic rings. The van der Waals surface area contributed by atoms with Crippen molar-refractivity contribution in [3.05, 3.63) is 35.7 Å². The summed E-state index contributed by atoms with van der Waals surface area (Å²) >= 11 is 0. The topological polar surface area (TPSA) is 47.1 Å². The van der Waals surface area contributed by atoms with Crippen LogP contribution in [-0.4, -0.2) is 32.7 Å². The Kier molecular flexibility index (Phi) is 4.37. The summed E-state index contributed by atoms with van der Waals surface area (Å²) in [5.41, 5.74) is 0.930. The van der Waals surface area contributed by atoms with Crippen molar-refractivity contribution in [3.63, 3.8) is 0 Å². The molecule has 104 valence electrons. The zero-order valence-electron chi connectivity index (χ0n) is 12.1. The first kappa shape index (κ1) is 13.8. The Morgan fingerprint density at radius 1 is 1.47 bits per heavy atom. The van der Waals surface area contributed by atoms with Crippen LogP contribution in [0.15, 0.2) is 23.0 Å². The summed E-state index contributed by atoms with van der Waals surface area (Å²) in [6.07, 6.45) is 4.87. The second-order valence-electron chi connectivity index (χ2n) is 5.05. The Labute approximate surface area is 114 Å². The molecule has 19 heavy (non-hydrogen) atoms. The Hall–Kier alpha value is -1.62. The smallest absolute Gasteiger partial charge is 0.150 e. The molecule has 0 N–H and O–H groups in total. The predicted octanol–water partition coefficient (Wildman–Crippen LogP) is 2.26. The molecule has 0 bridgehead atoms. The van der Waals surface area contributed by atoms with Gasteiger partial charge in [0.2, 0.25) is 0 Å². The molecular formula is C14H22N4O. The van der Waals surface area contributed by atoms with Crippen molar-refractivity contribution in [2.75, 3.05) is 7.05 Å². The number of aryl methyl sites for hydroxylation is 2. The van der Waals surface area contributed by atoms with Crippen LogP contribution in [0.25, 0.3) is 0 Å². The van der Waals surface area contributed by atoms with E-state index in [1.165, 1.54) is 0 Å². The van der Waals surface area contributed by atoms with Crippen molar-refractivity contribution >= 4 is 0 Å². The molecule has 2 heterocycles. The molecule has 0 spiro atoms. The highest BCUT2D eigenvalue weighted by Gasteiger charge is 2.13. The zero-order valence-corrected chi connectivity index (χ0v) is 12.1. The Morgan fingerprint density at radius 3 is 2.89 bits per heavy atom. The highest BCUT2D eigenvalue weighted by molar-refractivity contribution is 5.03. The van der Waals surface area contributed by atoms with Crippen molar-refractivity contribution < 1.29 is 4.52 Å². The summed E-state index contributed by atoms with van der Waals surface area (Å²) in [6.45, 7) is 7.99. The molecule has 0 aliphatic carbocycles. The van der Waals surface area contributed by atoms with Gasteiger partial charge in [0.25, 0.3) is 0 Å². The molecule has 0 saturated heterocycles. The van der Waals surface area contributed by atoms with Gasteiger partial charge in [-0.1, -0.05) is 12.1 Å². The van der Waals surface area contributed by atoms with Gasteiger partial charge in [0.15, 0.2) is 5.76 Å². The first-order valence-electron chi connectivity index (χ1n) is 6.72. The van der Waals surface area contributed by atoms with Crippen molar-refractivity contribution in [2.45, 2.75) is 46.3 Å². The molecule has 1 atom stereocenters. The van der Waals surface area contributed by atoms with E-state index in [2.05, 4.69) is 40.5 Å². The van der Waals surface area contributed by atoms with E-state index < -0.39 is 0 Å². The molecule has 0 radical (unpaired) electrons. The number of likely N-dealkylation sites (N-methyl/N-ethyl adjacent to an activating group) is 1. The maximum atomic E-state index is 5.25. The lowest BCUT2D eigenvalue weighted by molar-refractivity contribution is 0.201. The van der Waals surface area contributed by atoms with E-state index in [0.717, 1.165) is 36.8 Å². The molecule has 5 nitrogen and oxygen atoms in total. The highest BCUT2D eigenvalue weighted by atomic mass is 16.5.